The average molecular weight is 478 g/mol. The maximum Gasteiger partial charge on any atom is 0.382 e. The summed E-state index contributed by atoms with van der Waals surface area (Å²) in [6.45, 7) is 6.10. The lowest BCUT2D eigenvalue weighted by Crippen LogP contribution is -2.72. The van der Waals surface area contributed by atoms with E-state index in [-0.39, 0.29) is 10.4 Å². The van der Waals surface area contributed by atoms with Gasteiger partial charge in [-0.1, -0.05) is 81.4 Å². The van der Waals surface area contributed by atoms with Gasteiger partial charge >= 0.3 is 5.91 Å². The molecule has 0 aromatic heterocycles. The number of hydrogen-bond donors (Lipinski definition) is 0. The fourth-order valence-corrected chi connectivity index (χ4v) is 5.45. The molecule has 0 radical (unpaired) electrons. The van der Waals surface area contributed by atoms with E-state index < -0.39 is 29.1 Å². The highest BCUT2D eigenvalue weighted by Gasteiger charge is 2.54. The summed E-state index contributed by atoms with van der Waals surface area (Å²) in [4.78, 5) is 40.0. The molecule has 2 aromatic rings. The van der Waals surface area contributed by atoms with Crippen LogP contribution in [0.4, 0.5) is 0 Å². The molecule has 1 aliphatic heterocycles. The summed E-state index contributed by atoms with van der Waals surface area (Å²) in [6.07, 6.45) is 4.89. The van der Waals surface area contributed by atoms with Crippen LogP contribution in [0.1, 0.15) is 64.0 Å². The molecule has 35 heavy (non-hydrogen) atoms. The van der Waals surface area contributed by atoms with E-state index in [9.17, 15) is 19.5 Å². The molecule has 3 unspecified atom stereocenters. The van der Waals surface area contributed by atoms with Crippen LogP contribution in [-0.4, -0.2) is 41.3 Å². The predicted octanol–water partition coefficient (Wildman–Crippen LogP) is 4.13. The number of aryl methyl sites for hydroxylation is 1. The molecule has 0 bridgehead atoms. The van der Waals surface area contributed by atoms with E-state index in [0.29, 0.717) is 32.4 Å². The van der Waals surface area contributed by atoms with Gasteiger partial charge in [-0.05, 0) is 49.7 Å². The van der Waals surface area contributed by atoms with Crippen molar-refractivity contribution in [1.82, 2.24) is 0 Å². The number of quaternary nitrogens is 1. The van der Waals surface area contributed by atoms with Gasteiger partial charge in [-0.15, -0.1) is 0 Å². The smallest absolute Gasteiger partial charge is 0.382 e. The van der Waals surface area contributed by atoms with Crippen molar-refractivity contribution >= 4 is 17.7 Å². The maximum atomic E-state index is 13.9. The minimum absolute atomic E-state index is 0.199. The molecular formula is C30H39NO4. The molecule has 0 N–H and O–H groups in total. The number of Topliss-reactive ketones (excluding diaryl/α,β-unsaturated/α-hetero) is 1. The van der Waals surface area contributed by atoms with Crippen LogP contribution in [0.3, 0.4) is 0 Å². The third-order valence-electron chi connectivity index (χ3n) is 7.98. The Hall–Kier alpha value is -2.79. The fraction of sp³-hybridized carbons (Fsp3) is 0.500. The average Bonchev–Trinajstić information content (AvgIpc) is 2.87. The summed E-state index contributed by atoms with van der Waals surface area (Å²) in [5.41, 5.74) is 1.42. The van der Waals surface area contributed by atoms with E-state index >= 15 is 0 Å². The normalized spacial score (nSPS) is 22.5. The first kappa shape index (κ1) is 26.8. The monoisotopic (exact) mass is 477 g/mol. The molecule has 0 spiro atoms. The van der Waals surface area contributed by atoms with Crippen molar-refractivity contribution in [3.05, 3.63) is 71.8 Å². The van der Waals surface area contributed by atoms with Gasteiger partial charge in [-0.3, -0.25) is 4.79 Å². The molecule has 5 heteroatoms. The van der Waals surface area contributed by atoms with Crippen LogP contribution in [0.2, 0.25) is 0 Å². The molecule has 188 valence electrons. The van der Waals surface area contributed by atoms with E-state index in [1.165, 1.54) is 5.56 Å². The molecule has 1 heterocycles. The van der Waals surface area contributed by atoms with E-state index in [1.807, 2.05) is 55.5 Å². The molecule has 1 aliphatic rings. The van der Waals surface area contributed by atoms with Gasteiger partial charge in [0.05, 0.1) is 13.1 Å². The van der Waals surface area contributed by atoms with Crippen molar-refractivity contribution in [3.63, 3.8) is 0 Å². The highest BCUT2D eigenvalue weighted by Crippen LogP contribution is 2.36. The fourth-order valence-electron chi connectivity index (χ4n) is 5.45. The Morgan fingerprint density at radius 1 is 0.943 bits per heavy atom. The van der Waals surface area contributed by atoms with Gasteiger partial charge in [0.25, 0.3) is 5.78 Å². The van der Waals surface area contributed by atoms with Crippen LogP contribution in [0, 0.1) is 11.3 Å². The molecule has 3 rings (SSSR count). The number of likely N-dealkylation sites (tertiary alicyclic amines) is 1. The number of amides is 1. The lowest BCUT2D eigenvalue weighted by molar-refractivity contribution is -0.879. The van der Waals surface area contributed by atoms with Crippen molar-refractivity contribution in [1.29, 1.82) is 0 Å². The Kier molecular flexibility index (Phi) is 9.01. The lowest BCUT2D eigenvalue weighted by Gasteiger charge is -2.49. The van der Waals surface area contributed by atoms with Gasteiger partial charge < -0.3 is 9.90 Å². The number of benzene rings is 2. The molecule has 1 fully saturated rings. The highest BCUT2D eigenvalue weighted by atomic mass is 16.4. The van der Waals surface area contributed by atoms with E-state index in [4.69, 9.17) is 0 Å². The number of rotatable bonds is 11. The zero-order valence-corrected chi connectivity index (χ0v) is 21.4. The second-order valence-electron chi connectivity index (χ2n) is 10.6. The van der Waals surface area contributed by atoms with Crippen LogP contribution in [-0.2, 0) is 27.2 Å². The first-order chi connectivity index (χ1) is 16.7. The van der Waals surface area contributed by atoms with Crippen LogP contribution in [0.25, 0.3) is 0 Å². The van der Waals surface area contributed by atoms with E-state index in [2.05, 4.69) is 12.1 Å². The number of piperidine rings is 1. The second kappa shape index (κ2) is 11.8. The Morgan fingerprint density at radius 3 is 2.06 bits per heavy atom. The van der Waals surface area contributed by atoms with Gasteiger partial charge in [0.15, 0.2) is 0 Å². The van der Waals surface area contributed by atoms with Gasteiger partial charge in [0.2, 0.25) is 0 Å². The summed E-state index contributed by atoms with van der Waals surface area (Å²) < 4.78 is -0.324. The Labute approximate surface area is 209 Å². The molecule has 1 saturated heterocycles. The molecular weight excluding hydrogens is 438 g/mol. The van der Waals surface area contributed by atoms with Crippen LogP contribution in [0.15, 0.2) is 60.7 Å². The second-order valence-corrected chi connectivity index (χ2v) is 10.6. The molecule has 5 nitrogen and oxygen atoms in total. The first-order valence-electron chi connectivity index (χ1n) is 13.0. The molecule has 2 aromatic carbocycles. The number of hydrogen-bond acceptors (Lipinski definition) is 4. The van der Waals surface area contributed by atoms with Gasteiger partial charge in [-0.2, -0.15) is 0 Å². The molecule has 3 atom stereocenters. The van der Waals surface area contributed by atoms with E-state index in [0.717, 1.165) is 31.2 Å². The summed E-state index contributed by atoms with van der Waals surface area (Å²) >= 11 is 0. The third kappa shape index (κ3) is 6.26. The highest BCUT2D eigenvalue weighted by molar-refractivity contribution is 6.35. The van der Waals surface area contributed by atoms with Crippen LogP contribution in [0.5, 0.6) is 0 Å². The van der Waals surface area contributed by atoms with Crippen molar-refractivity contribution < 1.29 is 24.0 Å². The minimum atomic E-state index is -1.21. The number of aliphatic carboxylic acids is 1. The van der Waals surface area contributed by atoms with Crippen LogP contribution >= 0.6 is 0 Å². The van der Waals surface area contributed by atoms with Crippen molar-refractivity contribution in [2.45, 2.75) is 71.8 Å². The summed E-state index contributed by atoms with van der Waals surface area (Å²) in [5, 5.41) is 12.7. The summed E-state index contributed by atoms with van der Waals surface area (Å²) in [6, 6.07) is 18.9. The number of nitrogens with zero attached hydrogens (tertiary/aromatic N) is 1. The van der Waals surface area contributed by atoms with Gasteiger partial charge in [-0.25, -0.2) is 9.28 Å². The van der Waals surface area contributed by atoms with Crippen molar-refractivity contribution in [3.8, 4) is 0 Å². The Bertz CT molecular complexity index is 1000. The predicted molar refractivity (Wildman–Crippen MR) is 135 cm³/mol. The lowest BCUT2D eigenvalue weighted by atomic mass is 9.79. The SMILES string of the molecule is CCC(C)(C)C(=O)C(=O)[N+]1(CCc2ccccc2)CCCC(CCCc2ccccc2)C1C(=O)[O-]. The Morgan fingerprint density at radius 2 is 1.51 bits per heavy atom. The Balaban J connectivity index is 1.91. The largest absolute Gasteiger partial charge is 0.544 e. The topological polar surface area (TPSA) is 74.3 Å². The summed E-state index contributed by atoms with van der Waals surface area (Å²) in [5.74, 6) is -2.44. The molecule has 0 saturated carbocycles. The molecule has 1 amide bonds. The standard InChI is InChI=1S/C30H39NO4/c1-4-30(2,3)27(32)28(33)31(22-20-24-15-9-6-10-16-24)21-12-19-25(26(31)29(34)35)18-11-17-23-13-7-5-8-14-23/h5-10,13-16,25-26H,4,11-12,17-22H2,1-3H3. The number of ketones is 1. The van der Waals surface area contributed by atoms with E-state index in [1.54, 1.807) is 13.8 Å². The number of carbonyl (C=O) groups excluding carboxylic acids is 3. The van der Waals surface area contributed by atoms with Crippen molar-refractivity contribution in [2.24, 2.45) is 11.3 Å². The van der Waals surface area contributed by atoms with Gasteiger partial charge in [0.1, 0.15) is 12.0 Å². The number of carboxylic acids is 1. The minimum Gasteiger partial charge on any atom is -0.544 e. The first-order valence-corrected chi connectivity index (χ1v) is 13.0. The number of carboxylic acid groups (broad SMARTS) is 1. The zero-order chi connectivity index (χ0) is 25.5. The molecule has 0 aliphatic carbocycles. The van der Waals surface area contributed by atoms with Crippen LogP contribution < -0.4 is 5.11 Å². The quantitative estimate of drug-likeness (QED) is 0.360. The third-order valence-corrected chi connectivity index (χ3v) is 7.98. The summed E-state index contributed by atoms with van der Waals surface area (Å²) in [7, 11) is 0. The van der Waals surface area contributed by atoms with Gasteiger partial charge in [0, 0.05) is 17.8 Å². The number of carbonyl (C=O) groups is 3. The van der Waals surface area contributed by atoms with Crippen molar-refractivity contribution in [2.75, 3.05) is 13.1 Å². The zero-order valence-electron chi connectivity index (χ0n) is 21.4. The maximum absolute atomic E-state index is 13.9.